The van der Waals surface area contributed by atoms with E-state index < -0.39 is 0 Å². The molecule has 0 aromatic carbocycles. The molecule has 0 N–H and O–H groups in total. The van der Waals surface area contributed by atoms with Crippen LogP contribution in [0.1, 0.15) is 0 Å². The van der Waals surface area contributed by atoms with Crippen LogP contribution in [0.3, 0.4) is 0 Å². The molecule has 4 nitrogen and oxygen atoms in total. The number of rotatable bonds is 0. The van der Waals surface area contributed by atoms with Gasteiger partial charge < -0.3 is 10.4 Å². The second-order valence-corrected chi connectivity index (χ2v) is 2.47. The summed E-state index contributed by atoms with van der Waals surface area (Å²) in [6, 6.07) is 10.4. The average Bonchev–Trinajstić information content (AvgIpc) is 2.21. The summed E-state index contributed by atoms with van der Waals surface area (Å²) >= 11 is 0. The molecular formula is C10H14Br4N2O2Sn. The zero-order valence-electron chi connectivity index (χ0n) is 9.62. The van der Waals surface area contributed by atoms with Crippen LogP contribution in [0.15, 0.2) is 61.2 Å². The molecule has 2 heterocycles. The Morgan fingerprint density at radius 3 is 0.789 bits per heavy atom. The monoisotopic (exact) mass is 630 g/mol. The summed E-state index contributed by atoms with van der Waals surface area (Å²) in [5, 5.41) is 20.4. The van der Waals surface area contributed by atoms with Crippen molar-refractivity contribution >= 4 is 91.8 Å². The minimum absolute atomic E-state index is 0. The summed E-state index contributed by atoms with van der Waals surface area (Å²) in [5.41, 5.74) is 0. The zero-order valence-corrected chi connectivity index (χ0v) is 19.3. The van der Waals surface area contributed by atoms with Crippen LogP contribution in [0, 0.1) is 10.4 Å². The number of halogens is 4. The summed E-state index contributed by atoms with van der Waals surface area (Å²) in [6.07, 6.45) is 5.78. The Hall–Kier alpha value is 0.619. The molecule has 0 unspecified atom stereocenters. The molecule has 0 spiro atoms. The van der Waals surface area contributed by atoms with Gasteiger partial charge in [-0.25, -0.2) is 0 Å². The van der Waals surface area contributed by atoms with Crippen LogP contribution in [0.2, 0.25) is 0 Å². The second kappa shape index (κ2) is 20.9. The van der Waals surface area contributed by atoms with Crippen molar-refractivity contribution in [3.05, 3.63) is 71.6 Å². The van der Waals surface area contributed by atoms with Gasteiger partial charge in [0.2, 0.25) is 0 Å². The third-order valence-corrected chi connectivity index (χ3v) is 1.38. The maximum absolute atomic E-state index is 10.2. The Labute approximate surface area is 171 Å². The van der Waals surface area contributed by atoms with E-state index >= 15 is 0 Å². The molecule has 0 aliphatic rings. The molecule has 0 saturated heterocycles. The van der Waals surface area contributed by atoms with E-state index in [1.54, 1.807) is 36.4 Å². The minimum atomic E-state index is 0. The second-order valence-electron chi connectivity index (χ2n) is 2.47. The molecule has 2 aromatic rings. The van der Waals surface area contributed by atoms with Crippen molar-refractivity contribution in [2.45, 2.75) is 0 Å². The molecule has 9 heteroatoms. The standard InChI is InChI=1S/2C5H5NO.4BrH.Sn/c2*7-6-4-2-1-3-5-6;;;;;/h2*1-5H;4*1H;. The fraction of sp³-hybridized carbons (Fsp3) is 0. The van der Waals surface area contributed by atoms with Crippen molar-refractivity contribution in [2.24, 2.45) is 0 Å². The molecule has 0 aliphatic heterocycles. The Morgan fingerprint density at radius 2 is 0.684 bits per heavy atom. The van der Waals surface area contributed by atoms with Crippen LogP contribution in [-0.4, -0.2) is 23.9 Å². The molecule has 0 amide bonds. The summed E-state index contributed by atoms with van der Waals surface area (Å²) < 4.78 is 1.50. The molecule has 108 valence electrons. The maximum Gasteiger partial charge on any atom is 0.180 e. The molecular weight excluding hydrogens is 618 g/mol. The first kappa shape index (κ1) is 31.8. The minimum Gasteiger partial charge on any atom is -0.619 e. The quantitative estimate of drug-likeness (QED) is 0.255. The van der Waals surface area contributed by atoms with Gasteiger partial charge in [0, 0.05) is 48.2 Å². The molecule has 0 bridgehead atoms. The summed E-state index contributed by atoms with van der Waals surface area (Å²) in [4.78, 5) is 0. The Morgan fingerprint density at radius 1 is 0.474 bits per heavy atom. The smallest absolute Gasteiger partial charge is 0.180 e. The first-order valence-corrected chi connectivity index (χ1v) is 4.06. The van der Waals surface area contributed by atoms with Crippen LogP contribution in [0.5, 0.6) is 0 Å². The fourth-order valence-electron chi connectivity index (χ4n) is 0.766. The van der Waals surface area contributed by atoms with Gasteiger partial charge >= 0.3 is 0 Å². The van der Waals surface area contributed by atoms with Gasteiger partial charge in [0.05, 0.1) is 0 Å². The molecule has 2 rings (SSSR count). The number of nitrogens with zero attached hydrogens (tertiary/aromatic N) is 2. The van der Waals surface area contributed by atoms with E-state index in [-0.39, 0.29) is 91.8 Å². The first-order valence-electron chi connectivity index (χ1n) is 4.06. The van der Waals surface area contributed by atoms with Gasteiger partial charge in [-0.3, -0.25) is 0 Å². The molecule has 19 heavy (non-hydrogen) atoms. The zero-order chi connectivity index (χ0) is 10.2. The maximum atomic E-state index is 10.2. The Balaban J connectivity index is -0.0000000544. The van der Waals surface area contributed by atoms with Gasteiger partial charge in [0.25, 0.3) is 0 Å². The van der Waals surface area contributed by atoms with Crippen molar-refractivity contribution in [3.8, 4) is 0 Å². The van der Waals surface area contributed by atoms with E-state index in [1.165, 1.54) is 24.8 Å². The Bertz CT molecular complexity index is 333. The molecule has 0 atom stereocenters. The van der Waals surface area contributed by atoms with E-state index in [9.17, 15) is 10.4 Å². The molecule has 2 aromatic heterocycles. The van der Waals surface area contributed by atoms with Crippen molar-refractivity contribution in [2.75, 3.05) is 0 Å². The van der Waals surface area contributed by atoms with E-state index in [0.29, 0.717) is 0 Å². The van der Waals surface area contributed by atoms with Crippen LogP contribution in [0.25, 0.3) is 0 Å². The van der Waals surface area contributed by atoms with Crippen LogP contribution in [0.4, 0.5) is 0 Å². The largest absolute Gasteiger partial charge is 0.619 e. The first-order chi connectivity index (χ1) is 6.79. The Kier molecular flexibility index (Phi) is 35.1. The number of pyridine rings is 2. The van der Waals surface area contributed by atoms with Crippen molar-refractivity contribution in [1.82, 2.24) is 0 Å². The van der Waals surface area contributed by atoms with Crippen molar-refractivity contribution < 1.29 is 9.46 Å². The average molecular weight is 633 g/mol. The molecule has 0 saturated carbocycles. The van der Waals surface area contributed by atoms with Crippen LogP contribution < -0.4 is 9.46 Å². The number of aromatic nitrogens is 2. The summed E-state index contributed by atoms with van der Waals surface area (Å²) in [7, 11) is 0. The predicted octanol–water partition coefficient (Wildman–Crippen LogP) is 2.57. The van der Waals surface area contributed by atoms with Gasteiger partial charge in [-0.2, -0.15) is 9.46 Å². The van der Waals surface area contributed by atoms with E-state index in [1.807, 2.05) is 0 Å². The number of hydrogen-bond acceptors (Lipinski definition) is 2. The summed E-state index contributed by atoms with van der Waals surface area (Å²) in [5.74, 6) is 0. The van der Waals surface area contributed by atoms with Gasteiger partial charge in [0.1, 0.15) is 0 Å². The third-order valence-electron chi connectivity index (χ3n) is 1.38. The van der Waals surface area contributed by atoms with Gasteiger partial charge in [-0.1, -0.05) is 12.1 Å². The predicted molar refractivity (Wildman–Crippen MR) is 97.8 cm³/mol. The van der Waals surface area contributed by atoms with Crippen LogP contribution >= 0.6 is 67.9 Å². The normalized spacial score (nSPS) is 6.32. The molecule has 0 fully saturated rings. The van der Waals surface area contributed by atoms with Crippen molar-refractivity contribution in [3.63, 3.8) is 0 Å². The number of hydrogen-bond donors (Lipinski definition) is 0. The van der Waals surface area contributed by atoms with E-state index in [4.69, 9.17) is 0 Å². The van der Waals surface area contributed by atoms with Gasteiger partial charge in [-0.05, 0) is 0 Å². The third kappa shape index (κ3) is 18.6. The molecule has 0 aliphatic carbocycles. The van der Waals surface area contributed by atoms with Crippen LogP contribution in [-0.2, 0) is 0 Å². The van der Waals surface area contributed by atoms with Crippen molar-refractivity contribution in [1.29, 1.82) is 0 Å². The van der Waals surface area contributed by atoms with Gasteiger partial charge in [-0.15, -0.1) is 67.9 Å². The summed E-state index contributed by atoms with van der Waals surface area (Å²) in [6.45, 7) is 0. The van der Waals surface area contributed by atoms with E-state index in [0.717, 1.165) is 9.46 Å². The van der Waals surface area contributed by atoms with E-state index in [2.05, 4.69) is 0 Å². The molecule has 4 radical (unpaired) electrons. The van der Waals surface area contributed by atoms with Gasteiger partial charge in [0.15, 0.2) is 24.8 Å². The SMILES string of the molecule is Br.Br.Br.Br.[O-][n+]1ccccc1.[O-][n+]1ccccc1.[Sn]. The topological polar surface area (TPSA) is 53.9 Å². The fourth-order valence-corrected chi connectivity index (χ4v) is 0.766.